The zero-order valence-electron chi connectivity index (χ0n) is 12.1. The molecule has 0 unspecified atom stereocenters. The molecule has 0 fully saturated rings. The largest absolute Gasteiger partial charge is 0.375 e. The van der Waals surface area contributed by atoms with Crippen molar-refractivity contribution in [1.82, 2.24) is 9.99 Å². The number of nitrogens with one attached hydrogen (secondary N) is 1. The van der Waals surface area contributed by atoms with Crippen LogP contribution in [0.1, 0.15) is 22.5 Å². The molecule has 2 rings (SSSR count). The summed E-state index contributed by atoms with van der Waals surface area (Å²) in [6.45, 7) is 6.15. The molecule has 0 aliphatic heterocycles. The maximum absolute atomic E-state index is 6.12. The van der Waals surface area contributed by atoms with Gasteiger partial charge in [0.05, 0.1) is 6.21 Å². The van der Waals surface area contributed by atoms with Gasteiger partial charge in [0.25, 0.3) is 0 Å². The molecule has 0 aliphatic rings. The van der Waals surface area contributed by atoms with Crippen LogP contribution in [0.15, 0.2) is 29.4 Å². The fourth-order valence-corrected chi connectivity index (χ4v) is 2.50. The van der Waals surface area contributed by atoms with Crippen molar-refractivity contribution in [3.63, 3.8) is 0 Å². The first-order chi connectivity index (χ1) is 9.90. The highest BCUT2D eigenvalue weighted by Gasteiger charge is 2.11. The molecule has 21 heavy (non-hydrogen) atoms. The van der Waals surface area contributed by atoms with Gasteiger partial charge in [0.15, 0.2) is 5.11 Å². The van der Waals surface area contributed by atoms with Gasteiger partial charge >= 0.3 is 0 Å². The summed E-state index contributed by atoms with van der Waals surface area (Å²) in [7, 11) is 0. The highest BCUT2D eigenvalue weighted by molar-refractivity contribution is 7.80. The molecule has 0 amide bonds. The standard InChI is InChI=1S/C15H17ClN4S/c1-9-4-5-13(16)7-14(9)20-10(2)6-12(11(20)3)8-18-19-15(17)21/h4-8H,1-3H3,(H3,17,19,21)/b18-8-. The molecule has 6 heteroatoms. The third-order valence-corrected chi connectivity index (χ3v) is 3.59. The summed E-state index contributed by atoms with van der Waals surface area (Å²) in [6.07, 6.45) is 1.71. The summed E-state index contributed by atoms with van der Waals surface area (Å²) < 4.78 is 2.16. The predicted molar refractivity (Wildman–Crippen MR) is 92.5 cm³/mol. The zero-order valence-corrected chi connectivity index (χ0v) is 13.7. The molecule has 0 saturated heterocycles. The number of nitrogens with two attached hydrogens (primary N) is 1. The van der Waals surface area contributed by atoms with Crippen LogP contribution >= 0.6 is 23.8 Å². The van der Waals surface area contributed by atoms with Gasteiger partial charge < -0.3 is 10.3 Å². The number of thiocarbonyl (C=S) groups is 1. The van der Waals surface area contributed by atoms with Crippen LogP contribution in [0.4, 0.5) is 0 Å². The first-order valence-electron chi connectivity index (χ1n) is 6.44. The SMILES string of the molecule is Cc1ccc(Cl)cc1-n1c(C)cc(/C=N\NC(N)=S)c1C. The van der Waals surface area contributed by atoms with Crippen LogP contribution in [0.3, 0.4) is 0 Å². The number of halogens is 1. The maximum atomic E-state index is 6.12. The van der Waals surface area contributed by atoms with Crippen molar-refractivity contribution in [2.75, 3.05) is 0 Å². The van der Waals surface area contributed by atoms with E-state index in [9.17, 15) is 0 Å². The maximum Gasteiger partial charge on any atom is 0.184 e. The minimum Gasteiger partial charge on any atom is -0.375 e. The van der Waals surface area contributed by atoms with Crippen LogP contribution in [0, 0.1) is 20.8 Å². The number of hydrogen-bond acceptors (Lipinski definition) is 2. The Labute approximate surface area is 134 Å². The summed E-state index contributed by atoms with van der Waals surface area (Å²) in [5.41, 5.74) is 13.3. The van der Waals surface area contributed by atoms with E-state index in [1.54, 1.807) is 6.21 Å². The lowest BCUT2D eigenvalue weighted by molar-refractivity contribution is 0.953. The third kappa shape index (κ3) is 3.43. The summed E-state index contributed by atoms with van der Waals surface area (Å²) in [6, 6.07) is 7.92. The Bertz CT molecular complexity index is 719. The molecule has 0 atom stereocenters. The lowest BCUT2D eigenvalue weighted by Crippen LogP contribution is -2.24. The fraction of sp³-hybridized carbons (Fsp3) is 0.200. The number of aryl methyl sites for hydroxylation is 2. The number of benzene rings is 1. The van der Waals surface area contributed by atoms with Gasteiger partial charge in [-0.1, -0.05) is 17.7 Å². The van der Waals surface area contributed by atoms with Crippen LogP contribution in [-0.2, 0) is 0 Å². The molecule has 1 aromatic heterocycles. The second-order valence-corrected chi connectivity index (χ2v) is 5.70. The van der Waals surface area contributed by atoms with Crippen LogP contribution in [0.5, 0.6) is 0 Å². The Kier molecular flexibility index (Phi) is 4.65. The lowest BCUT2D eigenvalue weighted by atomic mass is 10.2. The minimum absolute atomic E-state index is 0.144. The number of aromatic nitrogens is 1. The molecule has 110 valence electrons. The molecule has 2 aromatic rings. The first-order valence-corrected chi connectivity index (χ1v) is 7.22. The van der Waals surface area contributed by atoms with E-state index in [0.29, 0.717) is 5.02 Å². The predicted octanol–water partition coefficient (Wildman–Crippen LogP) is 3.22. The molecule has 0 bridgehead atoms. The Morgan fingerprint density at radius 2 is 2.05 bits per heavy atom. The minimum atomic E-state index is 0.144. The van der Waals surface area contributed by atoms with E-state index < -0.39 is 0 Å². The summed E-state index contributed by atoms with van der Waals surface area (Å²) in [5, 5.41) is 4.87. The fourth-order valence-electron chi connectivity index (χ4n) is 2.28. The Morgan fingerprint density at radius 1 is 1.33 bits per heavy atom. The van der Waals surface area contributed by atoms with E-state index in [1.807, 2.05) is 32.0 Å². The van der Waals surface area contributed by atoms with Gasteiger partial charge in [-0.2, -0.15) is 5.10 Å². The highest BCUT2D eigenvalue weighted by atomic mass is 35.5. The van der Waals surface area contributed by atoms with Crippen LogP contribution < -0.4 is 11.2 Å². The molecule has 0 radical (unpaired) electrons. The van der Waals surface area contributed by atoms with Crippen LogP contribution in [0.2, 0.25) is 5.02 Å². The van der Waals surface area contributed by atoms with E-state index in [-0.39, 0.29) is 5.11 Å². The van der Waals surface area contributed by atoms with Crippen molar-refractivity contribution >= 4 is 35.1 Å². The van der Waals surface area contributed by atoms with Crippen molar-refractivity contribution in [2.24, 2.45) is 10.8 Å². The quantitative estimate of drug-likeness (QED) is 0.518. The number of nitrogens with zero attached hydrogens (tertiary/aromatic N) is 2. The Morgan fingerprint density at radius 3 is 2.71 bits per heavy atom. The van der Waals surface area contributed by atoms with Crippen LogP contribution in [0.25, 0.3) is 5.69 Å². The van der Waals surface area contributed by atoms with Gasteiger partial charge in [-0.3, -0.25) is 5.43 Å². The average molecular weight is 321 g/mol. The van der Waals surface area contributed by atoms with E-state index in [2.05, 4.69) is 28.1 Å². The van der Waals surface area contributed by atoms with Crippen molar-refractivity contribution in [1.29, 1.82) is 0 Å². The molecule has 0 aliphatic carbocycles. The third-order valence-electron chi connectivity index (χ3n) is 3.26. The monoisotopic (exact) mass is 320 g/mol. The van der Waals surface area contributed by atoms with E-state index >= 15 is 0 Å². The van der Waals surface area contributed by atoms with Crippen molar-refractivity contribution < 1.29 is 0 Å². The van der Waals surface area contributed by atoms with Gasteiger partial charge in [-0.25, -0.2) is 0 Å². The van der Waals surface area contributed by atoms with Gasteiger partial charge in [-0.15, -0.1) is 0 Å². The van der Waals surface area contributed by atoms with Crippen LogP contribution in [-0.4, -0.2) is 15.9 Å². The molecule has 3 N–H and O–H groups in total. The molecule has 1 aromatic carbocycles. The molecular weight excluding hydrogens is 304 g/mol. The molecule has 1 heterocycles. The second kappa shape index (κ2) is 6.28. The summed E-state index contributed by atoms with van der Waals surface area (Å²) in [4.78, 5) is 0. The van der Waals surface area contributed by atoms with E-state index in [4.69, 9.17) is 29.6 Å². The lowest BCUT2D eigenvalue weighted by Gasteiger charge is -2.13. The number of hydrazone groups is 1. The van der Waals surface area contributed by atoms with Crippen molar-refractivity contribution in [3.8, 4) is 5.69 Å². The molecule has 4 nitrogen and oxygen atoms in total. The smallest absolute Gasteiger partial charge is 0.184 e. The number of hydrogen-bond donors (Lipinski definition) is 2. The molecule has 0 saturated carbocycles. The van der Waals surface area contributed by atoms with Gasteiger partial charge in [0.2, 0.25) is 0 Å². The Balaban J connectivity index is 2.46. The van der Waals surface area contributed by atoms with Crippen molar-refractivity contribution in [3.05, 3.63) is 51.8 Å². The average Bonchev–Trinajstić information content (AvgIpc) is 2.67. The van der Waals surface area contributed by atoms with Gasteiger partial charge in [0, 0.05) is 27.7 Å². The Hall–Kier alpha value is -1.85. The van der Waals surface area contributed by atoms with Gasteiger partial charge in [-0.05, 0) is 56.8 Å². The normalized spacial score (nSPS) is 11.0. The van der Waals surface area contributed by atoms with Gasteiger partial charge in [0.1, 0.15) is 0 Å². The first kappa shape index (κ1) is 15.5. The van der Waals surface area contributed by atoms with Crippen molar-refractivity contribution in [2.45, 2.75) is 20.8 Å². The topological polar surface area (TPSA) is 55.3 Å². The summed E-state index contributed by atoms with van der Waals surface area (Å²) >= 11 is 10.8. The zero-order chi connectivity index (χ0) is 15.6. The molecule has 0 spiro atoms. The van der Waals surface area contributed by atoms with E-state index in [1.165, 1.54) is 0 Å². The van der Waals surface area contributed by atoms with E-state index in [0.717, 1.165) is 28.2 Å². The number of rotatable bonds is 3. The molecular formula is C15H17ClN4S. The second-order valence-electron chi connectivity index (χ2n) is 4.83. The highest BCUT2D eigenvalue weighted by Crippen LogP contribution is 2.25. The summed E-state index contributed by atoms with van der Waals surface area (Å²) in [5.74, 6) is 0.